The Morgan fingerprint density at radius 3 is 1.28 bits per heavy atom. The van der Waals surface area contributed by atoms with Crippen molar-refractivity contribution in [3.63, 3.8) is 0 Å². The zero-order valence-electron chi connectivity index (χ0n) is 25.3. The largest absolute Gasteiger partial charge is 4.00 e. The first-order chi connectivity index (χ1) is 17.8. The number of rotatable bonds is 5. The van der Waals surface area contributed by atoms with Crippen molar-refractivity contribution in [1.82, 2.24) is 9.80 Å². The summed E-state index contributed by atoms with van der Waals surface area (Å²) >= 11 is 0. The number of nitrogens with zero attached hydrogens (tertiary/aromatic N) is 2. The van der Waals surface area contributed by atoms with Crippen molar-refractivity contribution in [3.8, 4) is 11.5 Å². The molecule has 2 aromatic carbocycles. The molecule has 2 saturated heterocycles. The minimum absolute atomic E-state index is 0. The van der Waals surface area contributed by atoms with E-state index in [2.05, 4.69) is 35.8 Å². The van der Waals surface area contributed by atoms with E-state index in [1.807, 2.05) is 26.0 Å². The molecule has 0 radical (unpaired) electrons. The maximum atomic E-state index is 12.7. The molecule has 4 rings (SSSR count). The van der Waals surface area contributed by atoms with Gasteiger partial charge in [-0.25, -0.2) is 0 Å². The van der Waals surface area contributed by atoms with Gasteiger partial charge in [0.2, 0.25) is 0 Å². The summed E-state index contributed by atoms with van der Waals surface area (Å²) in [7, 11) is 0. The van der Waals surface area contributed by atoms with Gasteiger partial charge in [0.1, 0.15) is 0 Å². The molecule has 0 spiro atoms. The zero-order chi connectivity index (χ0) is 28.6. The normalized spacial score (nSPS) is 19.4. The molecule has 2 heterocycles. The van der Waals surface area contributed by atoms with Crippen molar-refractivity contribution < 1.29 is 46.3 Å². The molecule has 214 valence electrons. The SMILES string of the molecule is CC(C)[O-].CC(C)[O-].Cc1cc(C)c([O-])c(CN2CCC[C@@H]2[C@@H]2CCCN2Cc2cc(C)cc(C)c2[O-])c1.[Hf+4]. The van der Waals surface area contributed by atoms with E-state index in [0.717, 1.165) is 59.6 Å². The van der Waals surface area contributed by atoms with Gasteiger partial charge in [-0.2, -0.15) is 0 Å². The van der Waals surface area contributed by atoms with Crippen LogP contribution in [0.5, 0.6) is 11.5 Å². The van der Waals surface area contributed by atoms with Crippen molar-refractivity contribution in [1.29, 1.82) is 0 Å². The van der Waals surface area contributed by atoms with Crippen molar-refractivity contribution >= 4 is 0 Å². The molecule has 2 aliphatic heterocycles. The van der Waals surface area contributed by atoms with E-state index in [9.17, 15) is 20.4 Å². The van der Waals surface area contributed by atoms with Crippen molar-refractivity contribution in [2.45, 2.75) is 118 Å². The van der Waals surface area contributed by atoms with E-state index in [1.165, 1.54) is 25.7 Å². The number of benzene rings is 2. The predicted molar refractivity (Wildman–Crippen MR) is 148 cm³/mol. The van der Waals surface area contributed by atoms with Crippen LogP contribution in [0.2, 0.25) is 0 Å². The quantitative estimate of drug-likeness (QED) is 0.444. The van der Waals surface area contributed by atoms with Crippen LogP contribution in [-0.4, -0.2) is 47.2 Å². The van der Waals surface area contributed by atoms with E-state index in [1.54, 1.807) is 27.7 Å². The Labute approximate surface area is 255 Å². The van der Waals surface area contributed by atoms with Crippen molar-refractivity contribution in [2.24, 2.45) is 0 Å². The molecule has 0 bridgehead atoms. The first-order valence-electron chi connectivity index (χ1n) is 14.1. The maximum absolute atomic E-state index is 12.7. The van der Waals surface area contributed by atoms with Gasteiger partial charge in [0, 0.05) is 25.2 Å². The third kappa shape index (κ3) is 11.3. The van der Waals surface area contributed by atoms with Crippen LogP contribution in [-0.2, 0) is 38.9 Å². The van der Waals surface area contributed by atoms with Gasteiger partial charge in [0.05, 0.1) is 0 Å². The molecular formula is C32H48HfN2O4. The Morgan fingerprint density at radius 2 is 0.974 bits per heavy atom. The van der Waals surface area contributed by atoms with Gasteiger partial charge < -0.3 is 20.4 Å². The van der Waals surface area contributed by atoms with Gasteiger partial charge in [-0.15, -0.1) is 23.7 Å². The Bertz CT molecular complexity index is 941. The molecule has 7 heteroatoms. The predicted octanol–water partition coefficient (Wildman–Crippen LogP) is 3.20. The zero-order valence-corrected chi connectivity index (χ0v) is 28.9. The minimum Gasteiger partial charge on any atom is -0.872 e. The summed E-state index contributed by atoms with van der Waals surface area (Å²) in [6, 6.07) is 9.03. The fourth-order valence-electron chi connectivity index (χ4n) is 5.73. The number of likely N-dealkylation sites (tertiary alicyclic amines) is 2. The van der Waals surface area contributed by atoms with E-state index in [-0.39, 0.29) is 37.3 Å². The molecule has 2 aromatic rings. The molecule has 6 nitrogen and oxygen atoms in total. The standard InChI is InChI=1S/C26H36N2O2.2C3H7O.Hf/c1-17-11-19(3)25(29)21(13-17)15-27-9-5-7-23(27)24-8-6-10-28(24)16-22-14-18(2)12-20(4)26(22)30;2*1-3(2)4;/h11-14,23-24,29-30H,5-10,15-16H2,1-4H3;2*3H,1-2H3;/q;2*-1;+4/p-2/t23-,24+;;;. The summed E-state index contributed by atoms with van der Waals surface area (Å²) in [5.41, 5.74) is 5.89. The van der Waals surface area contributed by atoms with E-state index < -0.39 is 12.2 Å². The summed E-state index contributed by atoms with van der Waals surface area (Å²) < 4.78 is 0. The number of hydrogen-bond donors (Lipinski definition) is 0. The van der Waals surface area contributed by atoms with Gasteiger partial charge in [0.15, 0.2) is 0 Å². The fourth-order valence-corrected chi connectivity index (χ4v) is 5.73. The van der Waals surface area contributed by atoms with Crippen molar-refractivity contribution in [2.75, 3.05) is 13.1 Å². The van der Waals surface area contributed by atoms with Crippen molar-refractivity contribution in [3.05, 3.63) is 57.6 Å². The second-order valence-corrected chi connectivity index (χ2v) is 11.6. The smallest absolute Gasteiger partial charge is 0.872 e. The third-order valence-corrected chi connectivity index (χ3v) is 7.01. The topological polar surface area (TPSA) is 98.7 Å². The summed E-state index contributed by atoms with van der Waals surface area (Å²) in [6.45, 7) is 18.0. The second kappa shape index (κ2) is 16.9. The van der Waals surface area contributed by atoms with Crippen LogP contribution in [0, 0.1) is 27.7 Å². The van der Waals surface area contributed by atoms with E-state index in [4.69, 9.17) is 0 Å². The number of aryl methyl sites for hydroxylation is 4. The van der Waals surface area contributed by atoms with Crippen LogP contribution in [0.4, 0.5) is 0 Å². The summed E-state index contributed by atoms with van der Waals surface area (Å²) in [6.07, 6.45) is 3.89. The average Bonchev–Trinajstić information content (AvgIpc) is 3.43. The van der Waals surface area contributed by atoms with Crippen LogP contribution in [0.3, 0.4) is 0 Å². The maximum Gasteiger partial charge on any atom is 4.00 e. The fraction of sp³-hybridized carbons (Fsp3) is 0.625. The molecule has 2 aliphatic rings. The van der Waals surface area contributed by atoms with E-state index >= 15 is 0 Å². The summed E-state index contributed by atoms with van der Waals surface area (Å²) in [5.74, 6) is 0.390. The summed E-state index contributed by atoms with van der Waals surface area (Å²) in [4.78, 5) is 5.05. The van der Waals surface area contributed by atoms with Gasteiger partial charge in [0.25, 0.3) is 0 Å². The molecule has 0 aromatic heterocycles. The molecular weight excluding hydrogens is 655 g/mol. The molecule has 0 aliphatic carbocycles. The Hall–Kier alpha value is -1.25. The Balaban J connectivity index is 0.000000748. The van der Waals surface area contributed by atoms with Crippen LogP contribution in [0.1, 0.15) is 86.8 Å². The van der Waals surface area contributed by atoms with Crippen LogP contribution < -0.4 is 20.4 Å². The Kier molecular flexibility index (Phi) is 15.5. The number of hydrogen-bond acceptors (Lipinski definition) is 6. The molecule has 2 atom stereocenters. The molecule has 0 amide bonds. The monoisotopic (exact) mass is 704 g/mol. The molecule has 2 fully saturated rings. The molecule has 0 N–H and O–H groups in total. The molecule has 0 unspecified atom stereocenters. The van der Waals surface area contributed by atoms with Gasteiger partial charge >= 0.3 is 25.8 Å². The first-order valence-corrected chi connectivity index (χ1v) is 14.1. The minimum atomic E-state index is -0.417. The average molecular weight is 703 g/mol. The third-order valence-electron chi connectivity index (χ3n) is 7.01. The van der Waals surface area contributed by atoms with Crippen LogP contribution >= 0.6 is 0 Å². The van der Waals surface area contributed by atoms with Gasteiger partial charge in [-0.3, -0.25) is 9.80 Å². The van der Waals surface area contributed by atoms with Crippen LogP contribution in [0.15, 0.2) is 24.3 Å². The summed E-state index contributed by atoms with van der Waals surface area (Å²) in [5, 5.41) is 44.4. The Morgan fingerprint density at radius 1 is 0.667 bits per heavy atom. The molecule has 39 heavy (non-hydrogen) atoms. The van der Waals surface area contributed by atoms with E-state index in [0.29, 0.717) is 12.1 Å². The van der Waals surface area contributed by atoms with Gasteiger partial charge in [-0.05, 0) is 77.6 Å². The molecule has 0 saturated carbocycles. The van der Waals surface area contributed by atoms with Crippen LogP contribution in [0.25, 0.3) is 0 Å². The van der Waals surface area contributed by atoms with Gasteiger partial charge in [-0.1, -0.05) is 74.2 Å². The second-order valence-electron chi connectivity index (χ2n) is 11.6. The first kappa shape index (κ1) is 35.8.